The number of rotatable bonds is 4. The number of hydrogen-bond donors (Lipinski definition) is 2. The van der Waals surface area contributed by atoms with Crippen molar-refractivity contribution in [1.29, 1.82) is 0 Å². The Balaban J connectivity index is 2.24. The molecule has 1 fully saturated rings. The molecule has 0 aromatic rings. The van der Waals surface area contributed by atoms with Gasteiger partial charge < -0.3 is 10.2 Å². The van der Waals surface area contributed by atoms with Crippen molar-refractivity contribution in [3.63, 3.8) is 0 Å². The van der Waals surface area contributed by atoms with Crippen LogP contribution in [0.4, 0.5) is 0 Å². The Morgan fingerprint density at radius 3 is 2.40 bits per heavy atom. The lowest BCUT2D eigenvalue weighted by Crippen LogP contribution is -2.18. The van der Waals surface area contributed by atoms with Crippen LogP contribution in [0.15, 0.2) is 0 Å². The summed E-state index contributed by atoms with van der Waals surface area (Å²) in [7, 11) is 0. The molecule has 10 heavy (non-hydrogen) atoms. The molecule has 0 aliphatic heterocycles. The van der Waals surface area contributed by atoms with Gasteiger partial charge in [-0.2, -0.15) is 0 Å². The lowest BCUT2D eigenvalue weighted by Gasteiger charge is -2.17. The van der Waals surface area contributed by atoms with Gasteiger partial charge in [-0.1, -0.05) is 0 Å². The fourth-order valence-electron chi connectivity index (χ4n) is 1.47. The monoisotopic (exact) mass is 144 g/mol. The molecule has 0 saturated heterocycles. The molecule has 0 amide bonds. The first kappa shape index (κ1) is 8.02. The molecule has 60 valence electrons. The molecule has 0 bridgehead atoms. The quantitative estimate of drug-likeness (QED) is 0.616. The van der Waals surface area contributed by atoms with Crippen LogP contribution in [0.3, 0.4) is 0 Å². The highest BCUT2D eigenvalue weighted by molar-refractivity contribution is 4.96. The van der Waals surface area contributed by atoms with Crippen molar-refractivity contribution in [2.24, 2.45) is 5.41 Å². The van der Waals surface area contributed by atoms with Crippen LogP contribution < -0.4 is 0 Å². The minimum Gasteiger partial charge on any atom is -0.396 e. The third kappa shape index (κ3) is 1.50. The molecule has 1 aliphatic carbocycles. The van der Waals surface area contributed by atoms with Gasteiger partial charge >= 0.3 is 0 Å². The molecule has 0 radical (unpaired) electrons. The highest BCUT2D eigenvalue weighted by atomic mass is 16.3. The van der Waals surface area contributed by atoms with Crippen molar-refractivity contribution in [2.45, 2.75) is 38.7 Å². The zero-order valence-electron chi connectivity index (χ0n) is 6.51. The van der Waals surface area contributed by atoms with E-state index in [9.17, 15) is 5.11 Å². The standard InChI is InChI=1S/C8H16O2/c1-7(10)8(4-5-8)3-2-6-9/h7,9-10H,2-6H2,1H3. The molecular formula is C8H16O2. The summed E-state index contributed by atoms with van der Waals surface area (Å²) in [5, 5.41) is 17.8. The van der Waals surface area contributed by atoms with E-state index < -0.39 is 0 Å². The summed E-state index contributed by atoms with van der Waals surface area (Å²) in [6.45, 7) is 2.11. The fraction of sp³-hybridized carbons (Fsp3) is 1.00. The maximum Gasteiger partial charge on any atom is 0.0568 e. The van der Waals surface area contributed by atoms with E-state index in [1.165, 1.54) is 0 Å². The summed E-state index contributed by atoms with van der Waals surface area (Å²) in [4.78, 5) is 0. The molecular weight excluding hydrogens is 128 g/mol. The molecule has 2 heteroatoms. The van der Waals surface area contributed by atoms with Crippen molar-refractivity contribution < 1.29 is 10.2 Å². The summed E-state index contributed by atoms with van der Waals surface area (Å²) < 4.78 is 0. The molecule has 0 heterocycles. The first-order chi connectivity index (χ1) is 4.71. The first-order valence-electron chi connectivity index (χ1n) is 4.00. The molecule has 0 aromatic heterocycles. The maximum absolute atomic E-state index is 9.29. The lowest BCUT2D eigenvalue weighted by molar-refractivity contribution is 0.0985. The van der Waals surface area contributed by atoms with Crippen LogP contribution in [0, 0.1) is 5.41 Å². The average Bonchev–Trinajstić information content (AvgIpc) is 2.64. The second kappa shape index (κ2) is 2.89. The highest BCUT2D eigenvalue weighted by Crippen LogP contribution is 2.52. The SMILES string of the molecule is CC(O)C1(CCCO)CC1. The molecule has 1 atom stereocenters. The topological polar surface area (TPSA) is 40.5 Å². The van der Waals surface area contributed by atoms with Gasteiger partial charge in [-0.15, -0.1) is 0 Å². The Morgan fingerprint density at radius 2 is 2.10 bits per heavy atom. The summed E-state index contributed by atoms with van der Waals surface area (Å²) >= 11 is 0. The second-order valence-corrected chi connectivity index (χ2v) is 3.37. The average molecular weight is 144 g/mol. The van der Waals surface area contributed by atoms with Gasteiger partial charge in [0.25, 0.3) is 0 Å². The van der Waals surface area contributed by atoms with Crippen molar-refractivity contribution >= 4 is 0 Å². The molecule has 2 nitrogen and oxygen atoms in total. The van der Waals surface area contributed by atoms with Crippen molar-refractivity contribution in [3.05, 3.63) is 0 Å². The van der Waals surface area contributed by atoms with E-state index in [4.69, 9.17) is 5.11 Å². The highest BCUT2D eigenvalue weighted by Gasteiger charge is 2.45. The third-order valence-corrected chi connectivity index (χ3v) is 2.61. The van der Waals surface area contributed by atoms with Gasteiger partial charge in [-0.3, -0.25) is 0 Å². The normalized spacial score (nSPS) is 24.3. The van der Waals surface area contributed by atoms with Gasteiger partial charge in [0, 0.05) is 6.61 Å². The third-order valence-electron chi connectivity index (χ3n) is 2.61. The van der Waals surface area contributed by atoms with Crippen molar-refractivity contribution in [3.8, 4) is 0 Å². The Morgan fingerprint density at radius 1 is 1.50 bits per heavy atom. The molecule has 1 aliphatic rings. The minimum absolute atomic E-state index is 0.181. The molecule has 0 spiro atoms. The maximum atomic E-state index is 9.29. The Labute approximate surface area is 61.9 Å². The smallest absolute Gasteiger partial charge is 0.0568 e. The van der Waals surface area contributed by atoms with Gasteiger partial charge in [0.15, 0.2) is 0 Å². The first-order valence-corrected chi connectivity index (χ1v) is 4.00. The van der Waals surface area contributed by atoms with Gasteiger partial charge in [0.2, 0.25) is 0 Å². The van der Waals surface area contributed by atoms with Crippen LogP contribution in [-0.4, -0.2) is 22.9 Å². The van der Waals surface area contributed by atoms with Crippen LogP contribution in [0.25, 0.3) is 0 Å². The van der Waals surface area contributed by atoms with E-state index in [1.807, 2.05) is 6.92 Å². The van der Waals surface area contributed by atoms with E-state index in [2.05, 4.69) is 0 Å². The molecule has 1 saturated carbocycles. The summed E-state index contributed by atoms with van der Waals surface area (Å²) in [6, 6.07) is 0. The molecule has 2 N–H and O–H groups in total. The van der Waals surface area contributed by atoms with Crippen LogP contribution in [-0.2, 0) is 0 Å². The Bertz CT molecular complexity index is 106. The Kier molecular flexibility index (Phi) is 2.32. The second-order valence-electron chi connectivity index (χ2n) is 3.37. The van der Waals surface area contributed by atoms with Crippen molar-refractivity contribution in [2.75, 3.05) is 6.61 Å². The van der Waals surface area contributed by atoms with Gasteiger partial charge in [0.05, 0.1) is 6.10 Å². The number of hydrogen-bond acceptors (Lipinski definition) is 2. The van der Waals surface area contributed by atoms with Gasteiger partial charge in [-0.05, 0) is 38.0 Å². The predicted octanol–water partition coefficient (Wildman–Crippen LogP) is 0.920. The number of aliphatic hydroxyl groups excluding tert-OH is 2. The van der Waals surface area contributed by atoms with E-state index >= 15 is 0 Å². The molecule has 0 aromatic carbocycles. The van der Waals surface area contributed by atoms with E-state index in [1.54, 1.807) is 0 Å². The Hall–Kier alpha value is -0.0800. The zero-order chi connectivity index (χ0) is 7.61. The summed E-state index contributed by atoms with van der Waals surface area (Å²) in [6.07, 6.45) is 3.93. The molecule has 1 rings (SSSR count). The van der Waals surface area contributed by atoms with Crippen LogP contribution >= 0.6 is 0 Å². The number of aliphatic hydroxyl groups is 2. The zero-order valence-corrected chi connectivity index (χ0v) is 6.51. The van der Waals surface area contributed by atoms with Crippen LogP contribution in [0.1, 0.15) is 32.6 Å². The fourth-order valence-corrected chi connectivity index (χ4v) is 1.47. The van der Waals surface area contributed by atoms with Crippen LogP contribution in [0.5, 0.6) is 0 Å². The summed E-state index contributed by atoms with van der Waals surface area (Å²) in [5.74, 6) is 0. The van der Waals surface area contributed by atoms with E-state index in [0.717, 1.165) is 25.7 Å². The lowest BCUT2D eigenvalue weighted by atomic mass is 9.95. The summed E-state index contributed by atoms with van der Waals surface area (Å²) in [5.41, 5.74) is 0.197. The minimum atomic E-state index is -0.181. The van der Waals surface area contributed by atoms with E-state index in [0.29, 0.717) is 0 Å². The van der Waals surface area contributed by atoms with Gasteiger partial charge in [-0.25, -0.2) is 0 Å². The largest absolute Gasteiger partial charge is 0.396 e. The van der Waals surface area contributed by atoms with Crippen molar-refractivity contribution in [1.82, 2.24) is 0 Å². The van der Waals surface area contributed by atoms with Gasteiger partial charge in [0.1, 0.15) is 0 Å². The molecule has 1 unspecified atom stereocenters. The van der Waals surface area contributed by atoms with E-state index in [-0.39, 0.29) is 18.1 Å². The predicted molar refractivity (Wildman–Crippen MR) is 39.7 cm³/mol. The van der Waals surface area contributed by atoms with Crippen LogP contribution in [0.2, 0.25) is 0 Å².